The van der Waals surface area contributed by atoms with Crippen LogP contribution in [0.2, 0.25) is 10.0 Å². The van der Waals surface area contributed by atoms with Gasteiger partial charge in [0.05, 0.1) is 23.0 Å². The molecule has 0 saturated carbocycles. The number of hydrogen-bond acceptors (Lipinski definition) is 2. The van der Waals surface area contributed by atoms with Crippen LogP contribution < -0.4 is 5.73 Å². The molecule has 0 amide bonds. The van der Waals surface area contributed by atoms with E-state index in [1.54, 1.807) is 12.1 Å². The maximum absolute atomic E-state index is 6.12. The SMILES string of the molecule is Cc1nn(Cc2cc(N)ccc2Cl)c(C)c1Cl. The van der Waals surface area contributed by atoms with Gasteiger partial charge >= 0.3 is 0 Å². The summed E-state index contributed by atoms with van der Waals surface area (Å²) in [5.41, 5.74) is 9.13. The summed E-state index contributed by atoms with van der Waals surface area (Å²) < 4.78 is 1.83. The van der Waals surface area contributed by atoms with E-state index in [9.17, 15) is 0 Å². The summed E-state index contributed by atoms with van der Waals surface area (Å²) in [4.78, 5) is 0. The van der Waals surface area contributed by atoms with Gasteiger partial charge in [-0.15, -0.1) is 0 Å². The second-order valence-electron chi connectivity index (χ2n) is 3.99. The molecule has 0 bridgehead atoms. The van der Waals surface area contributed by atoms with Crippen molar-refractivity contribution in [1.82, 2.24) is 9.78 Å². The molecule has 0 unspecified atom stereocenters. The molecule has 0 spiro atoms. The average molecular weight is 270 g/mol. The lowest BCUT2D eigenvalue weighted by atomic mass is 10.2. The third-order valence-electron chi connectivity index (χ3n) is 2.68. The number of halogens is 2. The Kier molecular flexibility index (Phi) is 3.31. The first-order chi connectivity index (χ1) is 7.99. The molecule has 1 aromatic heterocycles. The molecule has 0 aliphatic rings. The van der Waals surface area contributed by atoms with E-state index in [1.807, 2.05) is 24.6 Å². The molecule has 2 rings (SSSR count). The predicted molar refractivity (Wildman–Crippen MR) is 71.7 cm³/mol. The molecule has 0 saturated heterocycles. The topological polar surface area (TPSA) is 43.8 Å². The molecular weight excluding hydrogens is 257 g/mol. The first-order valence-electron chi connectivity index (χ1n) is 5.22. The molecule has 17 heavy (non-hydrogen) atoms. The van der Waals surface area contributed by atoms with Gasteiger partial charge in [0.15, 0.2) is 0 Å². The third-order valence-corrected chi connectivity index (χ3v) is 3.60. The maximum Gasteiger partial charge on any atom is 0.0844 e. The van der Waals surface area contributed by atoms with Crippen molar-refractivity contribution in [3.8, 4) is 0 Å². The van der Waals surface area contributed by atoms with Crippen LogP contribution >= 0.6 is 23.2 Å². The normalized spacial score (nSPS) is 10.8. The van der Waals surface area contributed by atoms with Crippen molar-refractivity contribution < 1.29 is 0 Å². The minimum absolute atomic E-state index is 0.573. The second kappa shape index (κ2) is 4.59. The number of nitrogens with zero attached hydrogens (tertiary/aromatic N) is 2. The number of benzene rings is 1. The Morgan fingerprint density at radius 1 is 1.29 bits per heavy atom. The highest BCUT2D eigenvalue weighted by atomic mass is 35.5. The second-order valence-corrected chi connectivity index (χ2v) is 4.78. The summed E-state index contributed by atoms with van der Waals surface area (Å²) in [6.07, 6.45) is 0. The van der Waals surface area contributed by atoms with Gasteiger partial charge in [-0.1, -0.05) is 23.2 Å². The van der Waals surface area contributed by atoms with E-state index in [4.69, 9.17) is 28.9 Å². The molecule has 5 heteroatoms. The highest BCUT2D eigenvalue weighted by Crippen LogP contribution is 2.23. The van der Waals surface area contributed by atoms with Crippen molar-refractivity contribution in [3.63, 3.8) is 0 Å². The first-order valence-corrected chi connectivity index (χ1v) is 5.98. The van der Waals surface area contributed by atoms with Crippen LogP contribution in [0.1, 0.15) is 17.0 Å². The van der Waals surface area contributed by atoms with Gasteiger partial charge in [-0.3, -0.25) is 4.68 Å². The zero-order chi connectivity index (χ0) is 12.6. The number of aryl methyl sites for hydroxylation is 1. The fraction of sp³-hybridized carbons (Fsp3) is 0.250. The highest BCUT2D eigenvalue weighted by Gasteiger charge is 2.10. The summed E-state index contributed by atoms with van der Waals surface area (Å²) in [6.45, 7) is 4.39. The minimum Gasteiger partial charge on any atom is -0.399 e. The van der Waals surface area contributed by atoms with E-state index >= 15 is 0 Å². The Morgan fingerprint density at radius 2 is 2.00 bits per heavy atom. The summed E-state index contributed by atoms with van der Waals surface area (Å²) in [6, 6.07) is 5.42. The molecule has 0 fully saturated rings. The van der Waals surface area contributed by atoms with Gasteiger partial charge in [-0.05, 0) is 37.6 Å². The van der Waals surface area contributed by atoms with Crippen LogP contribution in [0.5, 0.6) is 0 Å². The fourth-order valence-electron chi connectivity index (χ4n) is 1.71. The first kappa shape index (κ1) is 12.3. The molecule has 90 valence electrons. The molecule has 0 aliphatic heterocycles. The molecule has 2 aromatic rings. The van der Waals surface area contributed by atoms with Crippen molar-refractivity contribution >= 4 is 28.9 Å². The van der Waals surface area contributed by atoms with Gasteiger partial charge in [0, 0.05) is 10.7 Å². The number of nitrogen functional groups attached to an aromatic ring is 1. The Hall–Kier alpha value is -1.19. The lowest BCUT2D eigenvalue weighted by molar-refractivity contribution is 0.659. The summed E-state index contributed by atoms with van der Waals surface area (Å²) in [5.74, 6) is 0. The summed E-state index contributed by atoms with van der Waals surface area (Å²) >= 11 is 12.2. The number of hydrogen-bond donors (Lipinski definition) is 1. The van der Waals surface area contributed by atoms with Gasteiger partial charge in [0.25, 0.3) is 0 Å². The van der Waals surface area contributed by atoms with Gasteiger partial charge in [0.2, 0.25) is 0 Å². The van der Waals surface area contributed by atoms with Crippen LogP contribution in [0.4, 0.5) is 5.69 Å². The van der Waals surface area contributed by atoms with Crippen LogP contribution in [0.15, 0.2) is 18.2 Å². The van der Waals surface area contributed by atoms with E-state index in [0.29, 0.717) is 22.3 Å². The standard InChI is InChI=1S/C12H13Cl2N3/c1-7-12(14)8(2)17(16-7)6-9-5-10(15)3-4-11(9)13/h3-5H,6,15H2,1-2H3. The molecule has 0 aliphatic carbocycles. The number of rotatable bonds is 2. The number of anilines is 1. The highest BCUT2D eigenvalue weighted by molar-refractivity contribution is 6.32. The Labute approximate surface area is 110 Å². The van der Waals surface area contributed by atoms with Crippen molar-refractivity contribution in [3.05, 3.63) is 45.2 Å². The Bertz CT molecular complexity index is 561. The maximum atomic E-state index is 6.12. The van der Waals surface area contributed by atoms with Gasteiger partial charge in [-0.2, -0.15) is 5.10 Å². The van der Waals surface area contributed by atoms with Crippen molar-refractivity contribution in [2.75, 3.05) is 5.73 Å². The van der Waals surface area contributed by atoms with E-state index in [1.165, 1.54) is 0 Å². The van der Waals surface area contributed by atoms with E-state index in [-0.39, 0.29) is 0 Å². The number of aromatic nitrogens is 2. The quantitative estimate of drug-likeness (QED) is 0.849. The van der Waals surface area contributed by atoms with E-state index in [0.717, 1.165) is 17.0 Å². The van der Waals surface area contributed by atoms with Crippen LogP contribution in [0.25, 0.3) is 0 Å². The largest absolute Gasteiger partial charge is 0.399 e. The molecular formula is C12H13Cl2N3. The van der Waals surface area contributed by atoms with Gasteiger partial charge in [0.1, 0.15) is 0 Å². The van der Waals surface area contributed by atoms with Crippen molar-refractivity contribution in [2.24, 2.45) is 0 Å². The smallest absolute Gasteiger partial charge is 0.0844 e. The van der Waals surface area contributed by atoms with Crippen molar-refractivity contribution in [2.45, 2.75) is 20.4 Å². The van der Waals surface area contributed by atoms with Gasteiger partial charge in [-0.25, -0.2) is 0 Å². The molecule has 3 nitrogen and oxygen atoms in total. The lowest BCUT2D eigenvalue weighted by Crippen LogP contribution is -2.05. The summed E-state index contributed by atoms with van der Waals surface area (Å²) in [5, 5.41) is 5.74. The van der Waals surface area contributed by atoms with Crippen LogP contribution in [0.3, 0.4) is 0 Å². The summed E-state index contributed by atoms with van der Waals surface area (Å²) in [7, 11) is 0. The molecule has 2 N–H and O–H groups in total. The van der Waals surface area contributed by atoms with Crippen LogP contribution in [-0.2, 0) is 6.54 Å². The zero-order valence-corrected chi connectivity index (χ0v) is 11.2. The lowest BCUT2D eigenvalue weighted by Gasteiger charge is -2.07. The third kappa shape index (κ3) is 2.40. The molecule has 1 heterocycles. The minimum atomic E-state index is 0.573. The van der Waals surface area contributed by atoms with Crippen LogP contribution in [0, 0.1) is 13.8 Å². The number of nitrogens with two attached hydrogens (primary N) is 1. The fourth-order valence-corrected chi connectivity index (χ4v) is 2.02. The Morgan fingerprint density at radius 3 is 2.59 bits per heavy atom. The van der Waals surface area contributed by atoms with E-state index in [2.05, 4.69) is 5.10 Å². The molecule has 0 radical (unpaired) electrons. The predicted octanol–water partition coefficient (Wildman–Crippen LogP) is 3.44. The molecule has 1 aromatic carbocycles. The average Bonchev–Trinajstić information content (AvgIpc) is 2.52. The monoisotopic (exact) mass is 269 g/mol. The van der Waals surface area contributed by atoms with Crippen molar-refractivity contribution in [1.29, 1.82) is 0 Å². The van der Waals surface area contributed by atoms with Gasteiger partial charge < -0.3 is 5.73 Å². The molecule has 0 atom stereocenters. The Balaban J connectivity index is 2.37. The van der Waals surface area contributed by atoms with E-state index < -0.39 is 0 Å². The van der Waals surface area contributed by atoms with Crippen LogP contribution in [-0.4, -0.2) is 9.78 Å². The zero-order valence-electron chi connectivity index (χ0n) is 9.67.